The van der Waals surface area contributed by atoms with Crippen molar-refractivity contribution in [3.63, 3.8) is 0 Å². The Morgan fingerprint density at radius 3 is 2.31 bits per heavy atom. The fourth-order valence-corrected chi connectivity index (χ4v) is 2.04. The molecule has 0 radical (unpaired) electrons. The van der Waals surface area contributed by atoms with E-state index in [1.807, 2.05) is 30.3 Å². The molecule has 26 heavy (non-hydrogen) atoms. The van der Waals surface area contributed by atoms with Crippen LogP contribution in [-0.4, -0.2) is 49.9 Å². The van der Waals surface area contributed by atoms with Crippen molar-refractivity contribution in [1.29, 1.82) is 0 Å². The van der Waals surface area contributed by atoms with E-state index in [9.17, 15) is 14.4 Å². The number of esters is 1. The quantitative estimate of drug-likeness (QED) is 0.740. The van der Waals surface area contributed by atoms with E-state index in [-0.39, 0.29) is 12.5 Å². The number of ether oxygens (including phenoxy) is 1. The summed E-state index contributed by atoms with van der Waals surface area (Å²) in [4.78, 5) is 36.8. The van der Waals surface area contributed by atoms with Crippen molar-refractivity contribution in [3.05, 3.63) is 60.2 Å². The van der Waals surface area contributed by atoms with Crippen molar-refractivity contribution in [2.24, 2.45) is 0 Å². The fourth-order valence-electron chi connectivity index (χ4n) is 2.04. The number of likely N-dealkylation sites (N-methyl/N-ethyl adjacent to an activating group) is 1. The van der Waals surface area contributed by atoms with Gasteiger partial charge in [-0.25, -0.2) is 4.79 Å². The van der Waals surface area contributed by atoms with E-state index in [1.54, 1.807) is 38.4 Å². The molecule has 136 valence electrons. The van der Waals surface area contributed by atoms with E-state index in [0.717, 1.165) is 5.69 Å². The van der Waals surface area contributed by atoms with Crippen molar-refractivity contribution < 1.29 is 19.1 Å². The zero-order chi connectivity index (χ0) is 18.9. The highest BCUT2D eigenvalue weighted by molar-refractivity contribution is 5.97. The van der Waals surface area contributed by atoms with Gasteiger partial charge in [0.1, 0.15) is 0 Å². The molecule has 2 rings (SSSR count). The van der Waals surface area contributed by atoms with E-state index >= 15 is 0 Å². The van der Waals surface area contributed by atoms with E-state index in [1.165, 1.54) is 4.90 Å². The summed E-state index contributed by atoms with van der Waals surface area (Å²) < 4.78 is 5.05. The molecule has 7 nitrogen and oxygen atoms in total. The van der Waals surface area contributed by atoms with Gasteiger partial charge in [-0.2, -0.15) is 0 Å². The molecular weight excluding hydrogens is 334 g/mol. The van der Waals surface area contributed by atoms with Crippen LogP contribution in [0.25, 0.3) is 0 Å². The summed E-state index contributed by atoms with van der Waals surface area (Å²) in [6.45, 7) is -0.602. The molecule has 0 aliphatic heterocycles. The van der Waals surface area contributed by atoms with E-state index in [4.69, 9.17) is 4.74 Å². The summed E-state index contributed by atoms with van der Waals surface area (Å²) in [5, 5.41) is 5.54. The number of para-hydroxylation sites is 2. The predicted octanol–water partition coefficient (Wildman–Crippen LogP) is 1.79. The fraction of sp³-hybridized carbons (Fsp3) is 0.211. The number of anilines is 2. The Bertz CT molecular complexity index is 775. The first kappa shape index (κ1) is 19.0. The number of amides is 2. The summed E-state index contributed by atoms with van der Waals surface area (Å²) in [5.74, 6) is -1.41. The Balaban J connectivity index is 1.93. The lowest BCUT2D eigenvalue weighted by molar-refractivity contribution is -0.131. The molecule has 0 fully saturated rings. The van der Waals surface area contributed by atoms with Gasteiger partial charge in [0.15, 0.2) is 6.61 Å². The first-order valence-corrected chi connectivity index (χ1v) is 8.02. The molecule has 0 unspecified atom stereocenters. The molecule has 0 saturated heterocycles. The minimum Gasteiger partial charge on any atom is -0.452 e. The minimum absolute atomic E-state index is 0.143. The molecule has 0 atom stereocenters. The van der Waals surface area contributed by atoms with Gasteiger partial charge in [0.05, 0.1) is 17.8 Å². The summed E-state index contributed by atoms with van der Waals surface area (Å²) in [6.07, 6.45) is 0. The predicted molar refractivity (Wildman–Crippen MR) is 98.2 cm³/mol. The largest absolute Gasteiger partial charge is 0.452 e. The molecule has 0 saturated carbocycles. The normalized spacial score (nSPS) is 9.92. The molecule has 7 heteroatoms. The first-order chi connectivity index (χ1) is 12.5. The Labute approximate surface area is 152 Å². The highest BCUT2D eigenvalue weighted by atomic mass is 16.5. The van der Waals surface area contributed by atoms with Gasteiger partial charge in [-0.3, -0.25) is 9.59 Å². The van der Waals surface area contributed by atoms with Crippen molar-refractivity contribution in [1.82, 2.24) is 10.2 Å². The van der Waals surface area contributed by atoms with Gasteiger partial charge in [0, 0.05) is 19.8 Å². The number of carbonyl (C=O) groups excluding carboxylic acids is 3. The highest BCUT2D eigenvalue weighted by Crippen LogP contribution is 2.21. The van der Waals surface area contributed by atoms with Gasteiger partial charge in [0.2, 0.25) is 5.91 Å². The lowest BCUT2D eigenvalue weighted by Gasteiger charge is -2.12. The molecule has 0 heterocycles. The van der Waals surface area contributed by atoms with Crippen molar-refractivity contribution in [2.45, 2.75) is 0 Å². The van der Waals surface area contributed by atoms with Gasteiger partial charge in [-0.15, -0.1) is 0 Å². The third-order valence-corrected chi connectivity index (χ3v) is 3.47. The maximum Gasteiger partial charge on any atom is 0.340 e. The smallest absolute Gasteiger partial charge is 0.340 e. The Hall–Kier alpha value is -3.35. The van der Waals surface area contributed by atoms with Crippen molar-refractivity contribution in [3.8, 4) is 0 Å². The Kier molecular flexibility index (Phi) is 6.73. The maximum absolute atomic E-state index is 12.3. The molecule has 2 aromatic carbocycles. The number of benzene rings is 2. The standard InChI is InChI=1S/C19H21N3O4/c1-22(2)18(24)12-20-17(23)13-26-19(25)15-10-6-7-11-16(15)21-14-8-4-3-5-9-14/h3-11,21H,12-13H2,1-2H3,(H,20,23). The van der Waals surface area contributed by atoms with Gasteiger partial charge in [-0.1, -0.05) is 30.3 Å². The maximum atomic E-state index is 12.3. The van der Waals surface area contributed by atoms with Gasteiger partial charge >= 0.3 is 5.97 Å². The molecule has 2 amide bonds. The summed E-state index contributed by atoms with van der Waals surface area (Å²) in [6, 6.07) is 16.3. The SMILES string of the molecule is CN(C)C(=O)CNC(=O)COC(=O)c1ccccc1Nc1ccccc1. The number of hydrogen-bond donors (Lipinski definition) is 2. The minimum atomic E-state index is -0.627. The Morgan fingerprint density at radius 1 is 0.962 bits per heavy atom. The van der Waals surface area contributed by atoms with Crippen molar-refractivity contribution in [2.75, 3.05) is 32.6 Å². The summed E-state index contributed by atoms with van der Waals surface area (Å²) in [7, 11) is 3.18. The highest BCUT2D eigenvalue weighted by Gasteiger charge is 2.15. The number of carbonyl (C=O) groups is 3. The summed E-state index contributed by atoms with van der Waals surface area (Å²) in [5.41, 5.74) is 1.72. The average Bonchev–Trinajstić information content (AvgIpc) is 2.65. The molecule has 2 N–H and O–H groups in total. The average molecular weight is 355 g/mol. The van der Waals surface area contributed by atoms with Crippen LogP contribution in [0.5, 0.6) is 0 Å². The number of rotatable bonds is 7. The van der Waals surface area contributed by atoms with Crippen LogP contribution in [0.3, 0.4) is 0 Å². The van der Waals surface area contributed by atoms with E-state index < -0.39 is 18.5 Å². The second-order valence-electron chi connectivity index (χ2n) is 5.68. The van der Waals surface area contributed by atoms with Gasteiger partial charge in [-0.05, 0) is 24.3 Å². The van der Waals surface area contributed by atoms with Gasteiger partial charge < -0.3 is 20.3 Å². The van der Waals surface area contributed by atoms with Crippen LogP contribution < -0.4 is 10.6 Å². The number of hydrogen-bond acceptors (Lipinski definition) is 5. The molecular formula is C19H21N3O4. The Morgan fingerprint density at radius 2 is 1.62 bits per heavy atom. The van der Waals surface area contributed by atoms with Crippen LogP contribution in [0.2, 0.25) is 0 Å². The van der Waals surface area contributed by atoms with Crippen LogP contribution >= 0.6 is 0 Å². The zero-order valence-electron chi connectivity index (χ0n) is 14.7. The monoisotopic (exact) mass is 355 g/mol. The number of nitrogens with zero attached hydrogens (tertiary/aromatic N) is 1. The third kappa shape index (κ3) is 5.62. The molecule has 2 aromatic rings. The molecule has 0 aromatic heterocycles. The lowest BCUT2D eigenvalue weighted by Crippen LogP contribution is -2.38. The van der Waals surface area contributed by atoms with E-state index in [0.29, 0.717) is 11.3 Å². The second kappa shape index (κ2) is 9.22. The van der Waals surface area contributed by atoms with Gasteiger partial charge in [0.25, 0.3) is 5.91 Å². The number of nitrogens with one attached hydrogen (secondary N) is 2. The molecule has 0 aliphatic carbocycles. The van der Waals surface area contributed by atoms with Crippen LogP contribution in [0.1, 0.15) is 10.4 Å². The molecule has 0 spiro atoms. The molecule has 0 bridgehead atoms. The second-order valence-corrected chi connectivity index (χ2v) is 5.68. The topological polar surface area (TPSA) is 87.7 Å². The zero-order valence-corrected chi connectivity index (χ0v) is 14.7. The summed E-state index contributed by atoms with van der Waals surface area (Å²) >= 11 is 0. The third-order valence-electron chi connectivity index (χ3n) is 3.47. The van der Waals surface area contributed by atoms with E-state index in [2.05, 4.69) is 10.6 Å². The first-order valence-electron chi connectivity index (χ1n) is 8.02. The van der Waals surface area contributed by atoms with Crippen LogP contribution in [0.15, 0.2) is 54.6 Å². The van der Waals surface area contributed by atoms with Crippen LogP contribution in [-0.2, 0) is 14.3 Å². The van der Waals surface area contributed by atoms with Crippen LogP contribution in [0.4, 0.5) is 11.4 Å². The van der Waals surface area contributed by atoms with Crippen LogP contribution in [0, 0.1) is 0 Å². The molecule has 0 aliphatic rings. The van der Waals surface area contributed by atoms with Crippen molar-refractivity contribution >= 4 is 29.2 Å². The lowest BCUT2D eigenvalue weighted by atomic mass is 10.1.